The number of hydrogen-bond acceptors (Lipinski definition) is 3. The molecule has 2 aromatic carbocycles. The van der Waals surface area contributed by atoms with Crippen molar-refractivity contribution in [2.24, 2.45) is 0 Å². The number of pyridine rings is 1. The van der Waals surface area contributed by atoms with Gasteiger partial charge in [0.1, 0.15) is 0 Å². The van der Waals surface area contributed by atoms with E-state index in [2.05, 4.69) is 5.32 Å². The predicted molar refractivity (Wildman–Crippen MR) is 118 cm³/mol. The van der Waals surface area contributed by atoms with Crippen LogP contribution >= 0.6 is 11.6 Å². The van der Waals surface area contributed by atoms with E-state index in [4.69, 9.17) is 11.6 Å². The van der Waals surface area contributed by atoms with Crippen LogP contribution in [-0.4, -0.2) is 34.4 Å². The average molecular weight is 424 g/mol. The van der Waals surface area contributed by atoms with Crippen molar-refractivity contribution >= 4 is 39.9 Å². The molecule has 6 nitrogen and oxygen atoms in total. The minimum Gasteiger partial charge on any atom is -0.343 e. The highest BCUT2D eigenvalue weighted by Gasteiger charge is 2.19. The second-order valence-corrected chi connectivity index (χ2v) is 7.76. The molecule has 2 heterocycles. The van der Waals surface area contributed by atoms with Gasteiger partial charge in [0.05, 0.1) is 10.6 Å². The largest absolute Gasteiger partial charge is 0.343 e. The van der Waals surface area contributed by atoms with Crippen molar-refractivity contribution in [3.05, 3.63) is 75.7 Å². The first kappa shape index (κ1) is 20.2. The molecule has 1 fully saturated rings. The fourth-order valence-electron chi connectivity index (χ4n) is 3.81. The Morgan fingerprint density at radius 3 is 2.60 bits per heavy atom. The van der Waals surface area contributed by atoms with Crippen LogP contribution in [-0.2, 0) is 11.3 Å². The fraction of sp³-hybridized carbons (Fsp3) is 0.261. The quantitative estimate of drug-likeness (QED) is 0.653. The normalized spacial score (nSPS) is 13.8. The van der Waals surface area contributed by atoms with Crippen LogP contribution in [0.5, 0.6) is 0 Å². The zero-order chi connectivity index (χ0) is 21.1. The third-order valence-electron chi connectivity index (χ3n) is 5.38. The Balaban J connectivity index is 1.53. The maximum absolute atomic E-state index is 12.9. The van der Waals surface area contributed by atoms with Crippen molar-refractivity contribution in [1.29, 1.82) is 0 Å². The topological polar surface area (TPSA) is 71.4 Å². The number of carbonyl (C=O) groups excluding carboxylic acids is 2. The van der Waals surface area contributed by atoms with Gasteiger partial charge in [0.15, 0.2) is 0 Å². The standard InChI is InChI=1S/C23H22ClN3O3/c24-19-8-2-1-6-18(19)22(29)25-20-9-3-7-17-16(20)11-15-27(23(17)30)14-5-13-26-12-4-10-21(26)28/h1-3,6-9,11,15H,4-5,10,12-14H2,(H,25,29). The first-order valence-corrected chi connectivity index (χ1v) is 10.4. The van der Waals surface area contributed by atoms with Crippen molar-refractivity contribution in [2.45, 2.75) is 25.8 Å². The summed E-state index contributed by atoms with van der Waals surface area (Å²) in [6.45, 7) is 2.01. The van der Waals surface area contributed by atoms with Gasteiger partial charge in [0, 0.05) is 48.7 Å². The van der Waals surface area contributed by atoms with Gasteiger partial charge in [0.25, 0.3) is 11.5 Å². The molecule has 0 saturated carbocycles. The summed E-state index contributed by atoms with van der Waals surface area (Å²) in [5.74, 6) is -0.132. The average Bonchev–Trinajstić information content (AvgIpc) is 3.15. The summed E-state index contributed by atoms with van der Waals surface area (Å²) in [5, 5.41) is 4.44. The molecule has 0 bridgehead atoms. The van der Waals surface area contributed by atoms with E-state index in [9.17, 15) is 14.4 Å². The number of fused-ring (bicyclic) bond motifs is 1. The molecule has 4 rings (SSSR count). The molecule has 0 atom stereocenters. The summed E-state index contributed by atoms with van der Waals surface area (Å²) in [4.78, 5) is 39.1. The molecule has 1 aliphatic rings. The number of aromatic nitrogens is 1. The van der Waals surface area contributed by atoms with Gasteiger partial charge in [0.2, 0.25) is 5.91 Å². The van der Waals surface area contributed by atoms with E-state index in [0.717, 1.165) is 19.4 Å². The summed E-state index contributed by atoms with van der Waals surface area (Å²) in [7, 11) is 0. The van der Waals surface area contributed by atoms with Crippen molar-refractivity contribution < 1.29 is 9.59 Å². The Bertz CT molecular complexity index is 1170. The third-order valence-corrected chi connectivity index (χ3v) is 5.71. The molecule has 0 radical (unpaired) electrons. The number of carbonyl (C=O) groups is 2. The number of anilines is 1. The van der Waals surface area contributed by atoms with Gasteiger partial charge in [-0.1, -0.05) is 29.8 Å². The maximum atomic E-state index is 12.9. The number of benzene rings is 2. The van der Waals surface area contributed by atoms with E-state index in [-0.39, 0.29) is 17.4 Å². The van der Waals surface area contributed by atoms with E-state index in [1.807, 2.05) is 11.0 Å². The Labute approximate surface area is 179 Å². The number of hydrogen-bond donors (Lipinski definition) is 1. The summed E-state index contributed by atoms with van der Waals surface area (Å²) in [5.41, 5.74) is 0.819. The third kappa shape index (κ3) is 4.09. The minimum atomic E-state index is -0.326. The predicted octanol–water partition coefficient (Wildman–Crippen LogP) is 3.92. The molecule has 7 heteroatoms. The van der Waals surface area contributed by atoms with Crippen LogP contribution < -0.4 is 10.9 Å². The van der Waals surface area contributed by atoms with Crippen molar-refractivity contribution in [3.63, 3.8) is 0 Å². The van der Waals surface area contributed by atoms with Crippen LogP contribution in [0.2, 0.25) is 5.02 Å². The van der Waals surface area contributed by atoms with Gasteiger partial charge in [-0.05, 0) is 43.2 Å². The lowest BCUT2D eigenvalue weighted by atomic mass is 10.1. The minimum absolute atomic E-state index is 0.117. The van der Waals surface area contributed by atoms with E-state index in [1.54, 1.807) is 53.2 Å². The van der Waals surface area contributed by atoms with Crippen LogP contribution in [0.4, 0.5) is 5.69 Å². The summed E-state index contributed by atoms with van der Waals surface area (Å²) in [6.07, 6.45) is 4.00. The van der Waals surface area contributed by atoms with Crippen molar-refractivity contribution in [2.75, 3.05) is 18.4 Å². The highest BCUT2D eigenvalue weighted by Crippen LogP contribution is 2.23. The zero-order valence-corrected chi connectivity index (χ0v) is 17.2. The Morgan fingerprint density at radius 1 is 1.00 bits per heavy atom. The van der Waals surface area contributed by atoms with Gasteiger partial charge >= 0.3 is 0 Å². The summed E-state index contributed by atoms with van der Waals surface area (Å²) in [6, 6.07) is 13.9. The second kappa shape index (κ2) is 8.71. The molecule has 0 unspecified atom stereocenters. The highest BCUT2D eigenvalue weighted by molar-refractivity contribution is 6.34. The first-order valence-electron chi connectivity index (χ1n) is 10.0. The number of nitrogens with one attached hydrogen (secondary N) is 1. The fourth-order valence-corrected chi connectivity index (χ4v) is 4.03. The molecule has 2 amide bonds. The van der Waals surface area contributed by atoms with E-state index >= 15 is 0 Å². The number of amides is 2. The number of aryl methyl sites for hydroxylation is 1. The van der Waals surface area contributed by atoms with Gasteiger partial charge in [-0.2, -0.15) is 0 Å². The Morgan fingerprint density at radius 2 is 1.83 bits per heavy atom. The molecule has 1 N–H and O–H groups in total. The smallest absolute Gasteiger partial charge is 0.258 e. The molecule has 30 heavy (non-hydrogen) atoms. The maximum Gasteiger partial charge on any atom is 0.258 e. The van der Waals surface area contributed by atoms with E-state index in [1.165, 1.54) is 0 Å². The second-order valence-electron chi connectivity index (χ2n) is 7.35. The van der Waals surface area contributed by atoms with E-state index in [0.29, 0.717) is 46.6 Å². The Kier molecular flexibility index (Phi) is 5.86. The van der Waals surface area contributed by atoms with Crippen LogP contribution in [0.3, 0.4) is 0 Å². The van der Waals surface area contributed by atoms with Gasteiger partial charge in [-0.3, -0.25) is 14.4 Å². The lowest BCUT2D eigenvalue weighted by Gasteiger charge is -2.16. The van der Waals surface area contributed by atoms with Crippen LogP contribution in [0.1, 0.15) is 29.6 Å². The summed E-state index contributed by atoms with van der Waals surface area (Å²) >= 11 is 6.12. The molecule has 1 saturated heterocycles. The molecule has 154 valence electrons. The van der Waals surface area contributed by atoms with Gasteiger partial charge in [-0.25, -0.2) is 0 Å². The number of nitrogens with zero attached hydrogens (tertiary/aromatic N) is 2. The zero-order valence-electron chi connectivity index (χ0n) is 16.4. The molecule has 3 aromatic rings. The SMILES string of the molecule is O=C(Nc1cccc2c(=O)n(CCCN3CCCC3=O)ccc12)c1ccccc1Cl. The lowest BCUT2D eigenvalue weighted by molar-refractivity contribution is -0.127. The monoisotopic (exact) mass is 423 g/mol. The van der Waals surface area contributed by atoms with Gasteiger partial charge in [-0.15, -0.1) is 0 Å². The van der Waals surface area contributed by atoms with E-state index < -0.39 is 0 Å². The highest BCUT2D eigenvalue weighted by atomic mass is 35.5. The molecular weight excluding hydrogens is 402 g/mol. The van der Waals surface area contributed by atoms with Crippen LogP contribution in [0.25, 0.3) is 10.8 Å². The first-order chi connectivity index (χ1) is 14.5. The van der Waals surface area contributed by atoms with Crippen LogP contribution in [0.15, 0.2) is 59.5 Å². The van der Waals surface area contributed by atoms with Crippen molar-refractivity contribution in [3.8, 4) is 0 Å². The Hall–Kier alpha value is -3.12. The molecular formula is C23H22ClN3O3. The molecule has 1 aromatic heterocycles. The lowest BCUT2D eigenvalue weighted by Crippen LogP contribution is -2.28. The number of halogens is 1. The number of rotatable bonds is 6. The van der Waals surface area contributed by atoms with Crippen LogP contribution in [0, 0.1) is 0 Å². The van der Waals surface area contributed by atoms with Crippen molar-refractivity contribution in [1.82, 2.24) is 9.47 Å². The number of likely N-dealkylation sites (tertiary alicyclic amines) is 1. The molecule has 0 spiro atoms. The van der Waals surface area contributed by atoms with Gasteiger partial charge < -0.3 is 14.8 Å². The summed E-state index contributed by atoms with van der Waals surface area (Å²) < 4.78 is 1.66. The molecule has 1 aliphatic heterocycles. The molecule has 0 aliphatic carbocycles.